The zero-order valence-electron chi connectivity index (χ0n) is 14.7. The molecule has 1 saturated carbocycles. The highest BCUT2D eigenvalue weighted by Gasteiger charge is 2.47. The van der Waals surface area contributed by atoms with Crippen molar-refractivity contribution in [3.63, 3.8) is 0 Å². The lowest BCUT2D eigenvalue weighted by molar-refractivity contribution is -0.125. The van der Waals surface area contributed by atoms with Crippen LogP contribution in [0.1, 0.15) is 17.5 Å². The number of halogens is 1. The summed E-state index contributed by atoms with van der Waals surface area (Å²) in [5, 5.41) is 6.12. The molecule has 136 valence electrons. The maximum atomic E-state index is 12.3. The van der Waals surface area contributed by atoms with Crippen LogP contribution in [0.3, 0.4) is 0 Å². The van der Waals surface area contributed by atoms with Gasteiger partial charge in [0.1, 0.15) is 5.75 Å². The lowest BCUT2D eigenvalue weighted by Gasteiger charge is -2.08. The molecule has 0 saturated heterocycles. The molecule has 0 bridgehead atoms. The Morgan fingerprint density at radius 1 is 1.12 bits per heavy atom. The van der Waals surface area contributed by atoms with Gasteiger partial charge in [-0.25, -0.2) is 0 Å². The number of carbonyl (C=O) groups is 2. The standard InChI is InChI=1S/C20H21ClN2O3/c1-12-3-5-13(6-4-12)11-22-19(24)15-10-16(15)20(25)23-14-7-8-18(26-2)17(21)9-14/h3-9,15-16H,10-11H2,1-2H3,(H,22,24)(H,23,25). The number of carbonyl (C=O) groups excluding carboxylic acids is 2. The fourth-order valence-electron chi connectivity index (χ4n) is 2.78. The van der Waals surface area contributed by atoms with Crippen LogP contribution in [-0.4, -0.2) is 18.9 Å². The Kier molecular flexibility index (Phi) is 5.47. The quantitative estimate of drug-likeness (QED) is 0.814. The van der Waals surface area contributed by atoms with Gasteiger partial charge in [0.2, 0.25) is 11.8 Å². The minimum absolute atomic E-state index is 0.0847. The second kappa shape index (κ2) is 7.79. The molecule has 1 fully saturated rings. The molecule has 2 N–H and O–H groups in total. The van der Waals surface area contributed by atoms with Crippen LogP contribution in [0.4, 0.5) is 5.69 Å². The van der Waals surface area contributed by atoms with Crippen molar-refractivity contribution >= 4 is 29.1 Å². The predicted octanol–water partition coefficient (Wildman–Crippen LogP) is 3.55. The molecular formula is C20H21ClN2O3. The van der Waals surface area contributed by atoms with E-state index in [9.17, 15) is 9.59 Å². The van der Waals surface area contributed by atoms with E-state index in [2.05, 4.69) is 10.6 Å². The highest BCUT2D eigenvalue weighted by molar-refractivity contribution is 6.32. The summed E-state index contributed by atoms with van der Waals surface area (Å²) >= 11 is 6.06. The Hall–Kier alpha value is -2.53. The molecule has 0 aromatic heterocycles. The Bertz CT molecular complexity index is 820. The molecule has 2 unspecified atom stereocenters. The maximum Gasteiger partial charge on any atom is 0.228 e. The van der Waals surface area contributed by atoms with Gasteiger partial charge < -0.3 is 15.4 Å². The number of amides is 2. The van der Waals surface area contributed by atoms with Gasteiger partial charge in [-0.15, -0.1) is 0 Å². The maximum absolute atomic E-state index is 12.3. The SMILES string of the molecule is COc1ccc(NC(=O)C2CC2C(=O)NCc2ccc(C)cc2)cc1Cl. The number of nitrogens with one attached hydrogen (secondary N) is 2. The number of rotatable bonds is 6. The topological polar surface area (TPSA) is 67.4 Å². The first-order valence-corrected chi connectivity index (χ1v) is 8.83. The molecule has 0 aliphatic heterocycles. The molecule has 2 atom stereocenters. The van der Waals surface area contributed by atoms with Crippen molar-refractivity contribution < 1.29 is 14.3 Å². The van der Waals surface area contributed by atoms with Gasteiger partial charge in [-0.05, 0) is 37.1 Å². The van der Waals surface area contributed by atoms with Crippen molar-refractivity contribution in [3.05, 3.63) is 58.6 Å². The Morgan fingerprint density at radius 2 is 1.81 bits per heavy atom. The highest BCUT2D eigenvalue weighted by atomic mass is 35.5. The molecular weight excluding hydrogens is 352 g/mol. The predicted molar refractivity (Wildman–Crippen MR) is 101 cm³/mol. The third kappa shape index (κ3) is 4.35. The van der Waals surface area contributed by atoms with Crippen LogP contribution < -0.4 is 15.4 Å². The van der Waals surface area contributed by atoms with E-state index in [0.717, 1.165) is 5.56 Å². The lowest BCUT2D eigenvalue weighted by atomic mass is 10.1. The molecule has 2 aromatic rings. The summed E-state index contributed by atoms with van der Waals surface area (Å²) in [4.78, 5) is 24.5. The fraction of sp³-hybridized carbons (Fsp3) is 0.300. The molecule has 2 amide bonds. The molecule has 0 spiro atoms. The minimum atomic E-state index is -0.297. The molecule has 6 heteroatoms. The van der Waals surface area contributed by atoms with Gasteiger partial charge in [0, 0.05) is 12.2 Å². The van der Waals surface area contributed by atoms with E-state index in [1.165, 1.54) is 12.7 Å². The second-order valence-electron chi connectivity index (χ2n) is 6.49. The van der Waals surface area contributed by atoms with E-state index in [1.807, 2.05) is 31.2 Å². The Labute approximate surface area is 157 Å². The Balaban J connectivity index is 1.49. The molecule has 26 heavy (non-hydrogen) atoms. The smallest absolute Gasteiger partial charge is 0.228 e. The number of benzene rings is 2. The summed E-state index contributed by atoms with van der Waals surface area (Å²) in [6, 6.07) is 13.0. The van der Waals surface area contributed by atoms with Crippen LogP contribution in [0.15, 0.2) is 42.5 Å². The largest absolute Gasteiger partial charge is 0.495 e. The van der Waals surface area contributed by atoms with Gasteiger partial charge in [0.25, 0.3) is 0 Å². The summed E-state index contributed by atoms with van der Waals surface area (Å²) in [6.45, 7) is 2.49. The zero-order chi connectivity index (χ0) is 18.7. The van der Waals surface area contributed by atoms with E-state index in [1.54, 1.807) is 18.2 Å². The van der Waals surface area contributed by atoms with E-state index >= 15 is 0 Å². The number of methoxy groups -OCH3 is 1. The van der Waals surface area contributed by atoms with Crippen LogP contribution in [0, 0.1) is 18.8 Å². The van der Waals surface area contributed by atoms with E-state index in [-0.39, 0.29) is 23.7 Å². The van der Waals surface area contributed by atoms with Crippen molar-refractivity contribution in [1.29, 1.82) is 0 Å². The third-order valence-electron chi connectivity index (χ3n) is 4.47. The van der Waals surface area contributed by atoms with Gasteiger partial charge in [-0.3, -0.25) is 9.59 Å². The van der Waals surface area contributed by atoms with Crippen molar-refractivity contribution in [3.8, 4) is 5.75 Å². The molecule has 3 rings (SSSR count). The summed E-state index contributed by atoms with van der Waals surface area (Å²) in [5.74, 6) is -0.271. The monoisotopic (exact) mass is 372 g/mol. The third-order valence-corrected chi connectivity index (χ3v) is 4.77. The van der Waals surface area contributed by atoms with Crippen molar-refractivity contribution in [2.24, 2.45) is 11.8 Å². The average molecular weight is 373 g/mol. The summed E-state index contributed by atoms with van der Waals surface area (Å²) < 4.78 is 5.09. The number of ether oxygens (including phenoxy) is 1. The summed E-state index contributed by atoms with van der Waals surface area (Å²) in [6.07, 6.45) is 0.565. The number of aryl methyl sites for hydroxylation is 1. The fourth-order valence-corrected chi connectivity index (χ4v) is 3.04. The van der Waals surface area contributed by atoms with Crippen molar-refractivity contribution in [2.45, 2.75) is 19.9 Å². The molecule has 5 nitrogen and oxygen atoms in total. The van der Waals surface area contributed by atoms with E-state index in [4.69, 9.17) is 16.3 Å². The van der Waals surface area contributed by atoms with Crippen molar-refractivity contribution in [1.82, 2.24) is 5.32 Å². The minimum Gasteiger partial charge on any atom is -0.495 e. The number of hydrogen-bond donors (Lipinski definition) is 2. The highest BCUT2D eigenvalue weighted by Crippen LogP contribution is 2.40. The zero-order valence-corrected chi connectivity index (χ0v) is 15.5. The Morgan fingerprint density at radius 3 is 2.46 bits per heavy atom. The van der Waals surface area contributed by atoms with Gasteiger partial charge in [-0.2, -0.15) is 0 Å². The summed E-state index contributed by atoms with van der Waals surface area (Å²) in [7, 11) is 1.53. The number of anilines is 1. The summed E-state index contributed by atoms with van der Waals surface area (Å²) in [5.41, 5.74) is 2.81. The van der Waals surface area contributed by atoms with Gasteiger partial charge in [-0.1, -0.05) is 41.4 Å². The van der Waals surface area contributed by atoms with Crippen LogP contribution >= 0.6 is 11.6 Å². The van der Waals surface area contributed by atoms with Crippen LogP contribution in [0.25, 0.3) is 0 Å². The first-order chi connectivity index (χ1) is 12.5. The van der Waals surface area contributed by atoms with Crippen LogP contribution in [0.5, 0.6) is 5.75 Å². The van der Waals surface area contributed by atoms with Crippen molar-refractivity contribution in [2.75, 3.05) is 12.4 Å². The second-order valence-corrected chi connectivity index (χ2v) is 6.90. The average Bonchev–Trinajstić information content (AvgIpc) is 3.42. The van der Waals surface area contributed by atoms with E-state index in [0.29, 0.717) is 29.4 Å². The first kappa shape index (κ1) is 18.3. The van der Waals surface area contributed by atoms with Crippen LogP contribution in [-0.2, 0) is 16.1 Å². The van der Waals surface area contributed by atoms with Gasteiger partial charge >= 0.3 is 0 Å². The van der Waals surface area contributed by atoms with Gasteiger partial charge in [0.05, 0.1) is 24.0 Å². The first-order valence-electron chi connectivity index (χ1n) is 8.45. The normalized spacial score (nSPS) is 18.1. The molecule has 1 aliphatic rings. The van der Waals surface area contributed by atoms with Crippen LogP contribution in [0.2, 0.25) is 5.02 Å². The lowest BCUT2D eigenvalue weighted by Crippen LogP contribution is -2.27. The molecule has 0 heterocycles. The molecule has 2 aromatic carbocycles. The number of hydrogen-bond acceptors (Lipinski definition) is 3. The molecule has 1 aliphatic carbocycles. The van der Waals surface area contributed by atoms with E-state index < -0.39 is 0 Å². The van der Waals surface area contributed by atoms with Gasteiger partial charge in [0.15, 0.2) is 0 Å². The molecule has 0 radical (unpaired) electrons.